The Morgan fingerprint density at radius 2 is 1.68 bits per heavy atom. The summed E-state index contributed by atoms with van der Waals surface area (Å²) in [6.45, 7) is 23.1. The average Bonchev–Trinajstić information content (AvgIpc) is 2.73. The second-order valence-electron chi connectivity index (χ2n) is 8.81. The van der Waals surface area contributed by atoms with Crippen LogP contribution in [0.25, 0.3) is 0 Å². The van der Waals surface area contributed by atoms with Gasteiger partial charge in [0, 0.05) is 5.92 Å². The molecule has 1 aromatic rings. The lowest BCUT2D eigenvalue weighted by Gasteiger charge is -2.15. The first-order chi connectivity index (χ1) is 14.7. The third-order valence-electron chi connectivity index (χ3n) is 5.64. The van der Waals surface area contributed by atoms with Crippen molar-refractivity contribution in [3.63, 3.8) is 0 Å². The SMILES string of the molecule is C=C(/C=C\C=C/C)C(C)c1cccc(C(C)C)c1.C=C(C)/C=C/C1=C(C)CCC=C1C. The van der Waals surface area contributed by atoms with E-state index in [4.69, 9.17) is 0 Å². The minimum atomic E-state index is 0.366. The molecule has 1 unspecified atom stereocenters. The number of hydrogen-bond acceptors (Lipinski definition) is 0. The lowest BCUT2D eigenvalue weighted by molar-refractivity contribution is 0.851. The van der Waals surface area contributed by atoms with Crippen molar-refractivity contribution < 1.29 is 0 Å². The third kappa shape index (κ3) is 9.39. The van der Waals surface area contributed by atoms with Gasteiger partial charge < -0.3 is 0 Å². The standard InChI is InChI=1S/C18H24.C13H18/c1-6-7-8-10-15(4)16(5)18-12-9-11-17(13-18)14(2)3;1-10(2)8-9-13-11(3)6-5-7-12(13)4/h6-14,16H,4H2,1-3,5H3;6,8-9H,1,5,7H2,2-4H3/b7-6-,10-8-;9-8+. The van der Waals surface area contributed by atoms with E-state index in [-0.39, 0.29) is 0 Å². The van der Waals surface area contributed by atoms with Crippen molar-refractivity contribution in [1.29, 1.82) is 0 Å². The molecule has 0 fully saturated rings. The monoisotopic (exact) mass is 414 g/mol. The van der Waals surface area contributed by atoms with Crippen molar-refractivity contribution in [3.8, 4) is 0 Å². The van der Waals surface area contributed by atoms with Crippen molar-refractivity contribution in [2.24, 2.45) is 0 Å². The van der Waals surface area contributed by atoms with Gasteiger partial charge >= 0.3 is 0 Å². The number of allylic oxidation sites excluding steroid dienone is 12. The topological polar surface area (TPSA) is 0 Å². The molecule has 0 aliphatic heterocycles. The molecule has 0 aromatic heterocycles. The summed E-state index contributed by atoms with van der Waals surface area (Å²) in [7, 11) is 0. The zero-order valence-electron chi connectivity index (χ0n) is 20.8. The van der Waals surface area contributed by atoms with E-state index < -0.39 is 0 Å². The van der Waals surface area contributed by atoms with Gasteiger partial charge in [0.1, 0.15) is 0 Å². The predicted octanol–water partition coefficient (Wildman–Crippen LogP) is 9.78. The van der Waals surface area contributed by atoms with Crippen LogP contribution in [0, 0.1) is 0 Å². The minimum absolute atomic E-state index is 0.366. The Kier molecular flexibility index (Phi) is 11.6. The zero-order chi connectivity index (χ0) is 23.4. The molecule has 0 heterocycles. The van der Waals surface area contributed by atoms with Crippen LogP contribution in [0.3, 0.4) is 0 Å². The molecule has 0 N–H and O–H groups in total. The van der Waals surface area contributed by atoms with Gasteiger partial charge in [-0.25, -0.2) is 0 Å². The van der Waals surface area contributed by atoms with E-state index in [1.54, 1.807) is 0 Å². The maximum atomic E-state index is 4.16. The van der Waals surface area contributed by atoms with Gasteiger partial charge in [-0.1, -0.05) is 112 Å². The lowest BCUT2D eigenvalue weighted by atomic mass is 9.90. The van der Waals surface area contributed by atoms with Gasteiger partial charge in [-0.15, -0.1) is 0 Å². The summed E-state index contributed by atoms with van der Waals surface area (Å²) in [5.74, 6) is 0.939. The summed E-state index contributed by atoms with van der Waals surface area (Å²) in [5, 5.41) is 0. The van der Waals surface area contributed by atoms with Gasteiger partial charge in [0.05, 0.1) is 0 Å². The smallest absolute Gasteiger partial charge is 0.00552 e. The largest absolute Gasteiger partial charge is 0.0961 e. The van der Waals surface area contributed by atoms with E-state index in [9.17, 15) is 0 Å². The van der Waals surface area contributed by atoms with Crippen molar-refractivity contribution >= 4 is 0 Å². The fourth-order valence-corrected chi connectivity index (χ4v) is 3.42. The van der Waals surface area contributed by atoms with Gasteiger partial charge in [-0.3, -0.25) is 0 Å². The first kappa shape index (κ1) is 26.4. The average molecular weight is 415 g/mol. The quantitative estimate of drug-likeness (QED) is 0.389. The maximum Gasteiger partial charge on any atom is 0.00552 e. The lowest BCUT2D eigenvalue weighted by Crippen LogP contribution is -1.97. The van der Waals surface area contributed by atoms with Gasteiger partial charge in [0.2, 0.25) is 0 Å². The van der Waals surface area contributed by atoms with Crippen molar-refractivity contribution in [2.75, 3.05) is 0 Å². The highest BCUT2D eigenvalue weighted by atomic mass is 14.1. The first-order valence-electron chi connectivity index (χ1n) is 11.5. The van der Waals surface area contributed by atoms with Crippen molar-refractivity contribution in [2.45, 2.75) is 73.1 Å². The Morgan fingerprint density at radius 1 is 1.00 bits per heavy atom. The summed E-state index contributed by atoms with van der Waals surface area (Å²) in [6, 6.07) is 8.82. The van der Waals surface area contributed by atoms with Crippen LogP contribution in [0.5, 0.6) is 0 Å². The van der Waals surface area contributed by atoms with Crippen LogP contribution >= 0.6 is 0 Å². The van der Waals surface area contributed by atoms with Crippen molar-refractivity contribution in [1.82, 2.24) is 0 Å². The molecule has 0 amide bonds. The summed E-state index contributed by atoms with van der Waals surface area (Å²) < 4.78 is 0. The predicted molar refractivity (Wildman–Crippen MR) is 142 cm³/mol. The van der Waals surface area contributed by atoms with Gasteiger partial charge in [-0.05, 0) is 74.3 Å². The first-order valence-corrected chi connectivity index (χ1v) is 11.5. The molecule has 1 aromatic carbocycles. The molecule has 0 spiro atoms. The molecule has 0 saturated heterocycles. The summed E-state index contributed by atoms with van der Waals surface area (Å²) in [6.07, 6.45) is 17.2. The van der Waals surface area contributed by atoms with Crippen LogP contribution in [0.15, 0.2) is 108 Å². The molecule has 0 saturated carbocycles. The van der Waals surface area contributed by atoms with Crippen LogP contribution in [0.1, 0.15) is 84.3 Å². The summed E-state index contributed by atoms with van der Waals surface area (Å²) in [5.41, 5.74) is 9.29. The molecular weight excluding hydrogens is 372 g/mol. The molecule has 1 aliphatic rings. The second-order valence-corrected chi connectivity index (χ2v) is 8.81. The Morgan fingerprint density at radius 3 is 2.26 bits per heavy atom. The molecule has 0 bridgehead atoms. The highest BCUT2D eigenvalue weighted by Crippen LogP contribution is 2.27. The molecule has 1 aliphatic carbocycles. The van der Waals surface area contributed by atoms with Crippen LogP contribution in [0.4, 0.5) is 0 Å². The molecule has 0 heteroatoms. The number of benzene rings is 1. The summed E-state index contributed by atoms with van der Waals surface area (Å²) >= 11 is 0. The molecular formula is C31H42. The van der Waals surface area contributed by atoms with Crippen LogP contribution in [0.2, 0.25) is 0 Å². The van der Waals surface area contributed by atoms with Crippen LogP contribution in [-0.2, 0) is 0 Å². The fraction of sp³-hybridized carbons (Fsp3) is 0.355. The normalized spacial score (nSPS) is 15.4. The fourth-order valence-electron chi connectivity index (χ4n) is 3.42. The molecule has 0 radical (unpaired) electrons. The van der Waals surface area contributed by atoms with E-state index in [0.717, 1.165) is 11.1 Å². The summed E-state index contributed by atoms with van der Waals surface area (Å²) in [4.78, 5) is 0. The minimum Gasteiger partial charge on any atom is -0.0961 e. The third-order valence-corrected chi connectivity index (χ3v) is 5.64. The zero-order valence-corrected chi connectivity index (χ0v) is 20.8. The molecule has 2 rings (SSSR count). The molecule has 31 heavy (non-hydrogen) atoms. The highest BCUT2D eigenvalue weighted by molar-refractivity contribution is 5.45. The number of rotatable bonds is 7. The number of hydrogen-bond donors (Lipinski definition) is 0. The molecule has 1 atom stereocenters. The van der Waals surface area contributed by atoms with Gasteiger partial charge in [-0.2, -0.15) is 0 Å². The molecule has 166 valence electrons. The molecule has 0 nitrogen and oxygen atoms in total. The van der Waals surface area contributed by atoms with E-state index in [1.807, 2.05) is 32.1 Å². The van der Waals surface area contributed by atoms with E-state index in [1.165, 1.54) is 40.7 Å². The Hall–Kier alpha value is -2.60. The van der Waals surface area contributed by atoms with Crippen LogP contribution < -0.4 is 0 Å². The van der Waals surface area contributed by atoms with E-state index in [2.05, 4.69) is 96.3 Å². The van der Waals surface area contributed by atoms with E-state index in [0.29, 0.717) is 11.8 Å². The van der Waals surface area contributed by atoms with Gasteiger partial charge in [0.15, 0.2) is 0 Å². The van der Waals surface area contributed by atoms with Crippen molar-refractivity contribution in [3.05, 3.63) is 119 Å². The second kappa shape index (κ2) is 13.7. The van der Waals surface area contributed by atoms with E-state index >= 15 is 0 Å². The Labute approximate surface area is 192 Å². The highest BCUT2D eigenvalue weighted by Gasteiger charge is 2.09. The van der Waals surface area contributed by atoms with Crippen LogP contribution in [-0.4, -0.2) is 0 Å². The maximum absolute atomic E-state index is 4.16. The Balaban J connectivity index is 0.000000327. The van der Waals surface area contributed by atoms with Gasteiger partial charge in [0.25, 0.3) is 0 Å². The Bertz CT molecular complexity index is 894.